The van der Waals surface area contributed by atoms with Gasteiger partial charge >= 0.3 is 0 Å². The van der Waals surface area contributed by atoms with E-state index >= 15 is 0 Å². The van der Waals surface area contributed by atoms with Crippen LogP contribution in [0.2, 0.25) is 0 Å². The summed E-state index contributed by atoms with van der Waals surface area (Å²) in [5.74, 6) is 1.67. The fraction of sp³-hybridized carbons (Fsp3) is 0.385. The van der Waals surface area contributed by atoms with Gasteiger partial charge in [0.2, 0.25) is 5.91 Å². The predicted molar refractivity (Wildman–Crippen MR) is 70.2 cm³/mol. The molecule has 4 heteroatoms. The fourth-order valence-corrected chi connectivity index (χ4v) is 2.89. The van der Waals surface area contributed by atoms with Gasteiger partial charge in [0.25, 0.3) is 0 Å². The van der Waals surface area contributed by atoms with Crippen molar-refractivity contribution in [3.8, 4) is 0 Å². The van der Waals surface area contributed by atoms with Gasteiger partial charge in [0, 0.05) is 11.7 Å². The van der Waals surface area contributed by atoms with E-state index in [9.17, 15) is 4.79 Å². The number of benzene rings is 1. The zero-order chi connectivity index (χ0) is 11.7. The van der Waals surface area contributed by atoms with Gasteiger partial charge in [0.1, 0.15) is 0 Å². The van der Waals surface area contributed by atoms with Crippen molar-refractivity contribution in [2.24, 2.45) is 10.9 Å². The smallest absolute Gasteiger partial charge is 0.229 e. The van der Waals surface area contributed by atoms with E-state index < -0.39 is 0 Å². The molecule has 1 amide bonds. The van der Waals surface area contributed by atoms with E-state index in [0.717, 1.165) is 23.9 Å². The summed E-state index contributed by atoms with van der Waals surface area (Å²) in [4.78, 5) is 16.2. The van der Waals surface area contributed by atoms with Gasteiger partial charge < -0.3 is 5.32 Å². The second kappa shape index (κ2) is 4.53. The van der Waals surface area contributed by atoms with Crippen LogP contribution in [0.4, 0.5) is 0 Å². The Hall–Kier alpha value is -1.29. The highest BCUT2D eigenvalue weighted by Crippen LogP contribution is 2.47. The molecule has 0 radical (unpaired) electrons. The van der Waals surface area contributed by atoms with Crippen molar-refractivity contribution in [2.75, 3.05) is 12.3 Å². The molecule has 3 rings (SSSR count). The van der Waals surface area contributed by atoms with Gasteiger partial charge in [0.05, 0.1) is 6.54 Å². The number of amides is 1. The Bertz CT molecular complexity index is 458. The molecule has 0 spiro atoms. The fourth-order valence-electron chi connectivity index (χ4n) is 2.16. The van der Waals surface area contributed by atoms with Gasteiger partial charge in [-0.15, -0.1) is 0 Å². The maximum absolute atomic E-state index is 11.9. The molecule has 0 bridgehead atoms. The Labute approximate surface area is 105 Å². The van der Waals surface area contributed by atoms with Crippen molar-refractivity contribution < 1.29 is 4.79 Å². The third kappa shape index (κ3) is 2.36. The minimum absolute atomic E-state index is 0.131. The number of carbonyl (C=O) groups is 1. The maximum atomic E-state index is 11.9. The van der Waals surface area contributed by atoms with Crippen molar-refractivity contribution in [1.82, 2.24) is 5.32 Å². The van der Waals surface area contributed by atoms with Crippen molar-refractivity contribution in [3.05, 3.63) is 35.9 Å². The molecule has 1 N–H and O–H groups in total. The van der Waals surface area contributed by atoms with Crippen molar-refractivity contribution >= 4 is 22.8 Å². The van der Waals surface area contributed by atoms with E-state index in [1.807, 2.05) is 18.2 Å². The Morgan fingerprint density at radius 1 is 1.35 bits per heavy atom. The first-order chi connectivity index (χ1) is 8.34. The molecular formula is C13H14N2OS. The lowest BCUT2D eigenvalue weighted by atomic mass is 10.1. The summed E-state index contributed by atoms with van der Waals surface area (Å²) in [6.45, 7) is 0.826. The average molecular weight is 246 g/mol. The molecule has 3 nitrogen and oxygen atoms in total. The highest BCUT2D eigenvalue weighted by atomic mass is 32.2. The van der Waals surface area contributed by atoms with E-state index in [2.05, 4.69) is 22.4 Å². The number of amidine groups is 1. The molecule has 2 atom stereocenters. The summed E-state index contributed by atoms with van der Waals surface area (Å²) >= 11 is 1.63. The summed E-state index contributed by atoms with van der Waals surface area (Å²) in [6, 6.07) is 10.3. The van der Waals surface area contributed by atoms with Crippen LogP contribution < -0.4 is 5.32 Å². The number of hydrogen-bond donors (Lipinski definition) is 1. The van der Waals surface area contributed by atoms with Crippen LogP contribution >= 0.6 is 11.8 Å². The zero-order valence-corrected chi connectivity index (χ0v) is 10.2. The minimum Gasteiger partial charge on any atom is -0.305 e. The van der Waals surface area contributed by atoms with Crippen LogP contribution in [0.5, 0.6) is 0 Å². The topological polar surface area (TPSA) is 41.5 Å². The van der Waals surface area contributed by atoms with E-state index in [-0.39, 0.29) is 11.8 Å². The van der Waals surface area contributed by atoms with E-state index in [0.29, 0.717) is 5.92 Å². The van der Waals surface area contributed by atoms with Crippen molar-refractivity contribution in [3.63, 3.8) is 0 Å². The molecule has 2 aliphatic rings. The number of carbonyl (C=O) groups excluding carboxylic acids is 1. The molecule has 1 fully saturated rings. The Balaban J connectivity index is 1.59. The van der Waals surface area contributed by atoms with Crippen LogP contribution in [0.1, 0.15) is 17.9 Å². The predicted octanol–water partition coefficient (Wildman–Crippen LogP) is 2.01. The standard InChI is InChI=1S/C13H14N2OS/c16-12(15-13-14-6-7-17-13)11-8-10(11)9-4-2-1-3-5-9/h1-5,10-11H,6-8H2,(H,14,15,16)/t10-,11+/m0/s1. The number of nitrogens with one attached hydrogen (secondary N) is 1. The van der Waals surface area contributed by atoms with Crippen LogP contribution in [-0.2, 0) is 4.79 Å². The van der Waals surface area contributed by atoms with Gasteiger partial charge in [-0.2, -0.15) is 0 Å². The maximum Gasteiger partial charge on any atom is 0.229 e. The van der Waals surface area contributed by atoms with Crippen LogP contribution in [0, 0.1) is 5.92 Å². The number of thioether (sulfide) groups is 1. The molecule has 1 aromatic rings. The lowest BCUT2D eigenvalue weighted by Crippen LogP contribution is -2.29. The van der Waals surface area contributed by atoms with E-state index in [4.69, 9.17) is 0 Å². The Kier molecular flexibility index (Phi) is 2.89. The summed E-state index contributed by atoms with van der Waals surface area (Å²) in [7, 11) is 0. The van der Waals surface area contributed by atoms with E-state index in [1.54, 1.807) is 11.8 Å². The highest BCUT2D eigenvalue weighted by Gasteiger charge is 2.44. The molecule has 1 aromatic carbocycles. The quantitative estimate of drug-likeness (QED) is 0.867. The molecule has 17 heavy (non-hydrogen) atoms. The number of aliphatic imine (C=N–C) groups is 1. The van der Waals surface area contributed by atoms with Crippen molar-refractivity contribution in [1.29, 1.82) is 0 Å². The molecule has 0 saturated heterocycles. The van der Waals surface area contributed by atoms with Gasteiger partial charge in [-0.05, 0) is 17.9 Å². The van der Waals surface area contributed by atoms with Crippen LogP contribution in [0.3, 0.4) is 0 Å². The molecule has 1 saturated carbocycles. The summed E-state index contributed by atoms with van der Waals surface area (Å²) in [5.41, 5.74) is 1.27. The van der Waals surface area contributed by atoms with Crippen LogP contribution in [-0.4, -0.2) is 23.4 Å². The van der Waals surface area contributed by atoms with E-state index in [1.165, 1.54) is 5.56 Å². The molecular weight excluding hydrogens is 232 g/mol. The second-order valence-electron chi connectivity index (χ2n) is 4.38. The highest BCUT2D eigenvalue weighted by molar-refractivity contribution is 8.14. The Morgan fingerprint density at radius 3 is 2.88 bits per heavy atom. The first-order valence-corrected chi connectivity index (χ1v) is 6.86. The summed E-state index contributed by atoms with van der Waals surface area (Å²) < 4.78 is 0. The van der Waals surface area contributed by atoms with Gasteiger partial charge in [-0.25, -0.2) is 0 Å². The molecule has 1 aliphatic heterocycles. The average Bonchev–Trinajstić information content (AvgIpc) is 3.02. The molecule has 1 aliphatic carbocycles. The first kappa shape index (κ1) is 10.8. The SMILES string of the molecule is O=C(NC1=NCCS1)[C@@H]1C[C@H]1c1ccccc1. The van der Waals surface area contributed by atoms with Gasteiger partial charge in [-0.3, -0.25) is 9.79 Å². The van der Waals surface area contributed by atoms with Gasteiger partial charge in [-0.1, -0.05) is 42.1 Å². The lowest BCUT2D eigenvalue weighted by molar-refractivity contribution is -0.120. The summed E-state index contributed by atoms with van der Waals surface area (Å²) in [5, 5.41) is 3.71. The van der Waals surface area contributed by atoms with Crippen LogP contribution in [0.15, 0.2) is 35.3 Å². The van der Waals surface area contributed by atoms with Crippen LogP contribution in [0.25, 0.3) is 0 Å². The number of nitrogens with zero attached hydrogens (tertiary/aromatic N) is 1. The first-order valence-electron chi connectivity index (χ1n) is 5.87. The number of rotatable bonds is 2. The van der Waals surface area contributed by atoms with Crippen molar-refractivity contribution in [2.45, 2.75) is 12.3 Å². The second-order valence-corrected chi connectivity index (χ2v) is 5.47. The normalized spacial score (nSPS) is 26.5. The third-order valence-electron chi connectivity index (χ3n) is 3.17. The molecule has 1 heterocycles. The Morgan fingerprint density at radius 2 is 2.18 bits per heavy atom. The number of hydrogen-bond acceptors (Lipinski definition) is 3. The monoisotopic (exact) mass is 246 g/mol. The summed E-state index contributed by atoms with van der Waals surface area (Å²) in [6.07, 6.45) is 0.966. The minimum atomic E-state index is 0.131. The molecule has 88 valence electrons. The van der Waals surface area contributed by atoms with Gasteiger partial charge in [0.15, 0.2) is 5.17 Å². The zero-order valence-electron chi connectivity index (χ0n) is 9.43. The third-order valence-corrected chi connectivity index (χ3v) is 4.06. The largest absolute Gasteiger partial charge is 0.305 e. The lowest BCUT2D eigenvalue weighted by Gasteiger charge is -2.03. The molecule has 0 aromatic heterocycles. The molecule has 0 unspecified atom stereocenters.